The number of esters is 2. The summed E-state index contributed by atoms with van der Waals surface area (Å²) in [7, 11) is 0. The molecular weight excluding hydrogens is 564 g/mol. The second-order valence-corrected chi connectivity index (χ2v) is 12.5. The minimum absolute atomic E-state index is 0.0645. The molecular formula is C30H51BrN2O6. The Morgan fingerprint density at radius 2 is 1.38 bits per heavy atom. The predicted octanol–water partition coefficient (Wildman–Crippen LogP) is 5.64. The van der Waals surface area contributed by atoms with Crippen LogP contribution >= 0.6 is 15.9 Å². The highest BCUT2D eigenvalue weighted by molar-refractivity contribution is 9.10. The lowest BCUT2D eigenvalue weighted by Gasteiger charge is -2.24. The summed E-state index contributed by atoms with van der Waals surface area (Å²) < 4.78 is 10.8. The van der Waals surface area contributed by atoms with E-state index >= 15 is 0 Å². The summed E-state index contributed by atoms with van der Waals surface area (Å²) in [6.45, 7) is 8.12. The number of nitrogens with zero attached hydrogens (tertiary/aromatic N) is 2. The third kappa shape index (κ3) is 14.0. The summed E-state index contributed by atoms with van der Waals surface area (Å²) >= 11 is 3.28. The first-order valence-corrected chi connectivity index (χ1v) is 16.2. The van der Waals surface area contributed by atoms with Crippen LogP contribution in [-0.4, -0.2) is 77.8 Å². The quantitative estimate of drug-likeness (QED) is 0.155. The number of likely N-dealkylation sites (tertiary alicyclic amines) is 2. The van der Waals surface area contributed by atoms with Crippen molar-refractivity contribution in [2.45, 2.75) is 115 Å². The number of carbonyl (C=O) groups is 4. The standard InChI is InChI=1S/C30H51BrN2O6/c1-3-10-25(14-20-33-18-9-5-7-12-28(33)35)16-22-39-30(37)26(31)23-29(36)38-21-15-24(2)13-19-32-17-8-4-6-11-27(32)34/h24-26H,3-23H2,1-2H3. The molecule has 0 N–H and O–H groups in total. The fraction of sp³-hybridized carbons (Fsp3) is 0.867. The minimum Gasteiger partial charge on any atom is -0.466 e. The van der Waals surface area contributed by atoms with Gasteiger partial charge >= 0.3 is 11.9 Å². The van der Waals surface area contributed by atoms with Gasteiger partial charge in [0.1, 0.15) is 4.83 Å². The molecule has 2 aliphatic heterocycles. The molecule has 9 heteroatoms. The normalized spacial score (nSPS) is 19.2. The second kappa shape index (κ2) is 19.4. The lowest BCUT2D eigenvalue weighted by molar-refractivity contribution is -0.150. The van der Waals surface area contributed by atoms with Gasteiger partial charge in [-0.1, -0.05) is 55.5 Å². The van der Waals surface area contributed by atoms with Gasteiger partial charge in [0, 0.05) is 39.0 Å². The molecule has 8 nitrogen and oxygen atoms in total. The molecule has 3 unspecified atom stereocenters. The average Bonchev–Trinajstić information content (AvgIpc) is 3.24. The molecule has 2 aliphatic rings. The molecule has 0 aromatic heterocycles. The van der Waals surface area contributed by atoms with Crippen LogP contribution in [0.5, 0.6) is 0 Å². The number of amides is 2. The third-order valence-corrected chi connectivity index (χ3v) is 8.68. The van der Waals surface area contributed by atoms with Crippen molar-refractivity contribution < 1.29 is 28.7 Å². The van der Waals surface area contributed by atoms with E-state index in [-0.39, 0.29) is 18.2 Å². The third-order valence-electron chi connectivity index (χ3n) is 7.98. The molecule has 2 saturated heterocycles. The van der Waals surface area contributed by atoms with Crippen molar-refractivity contribution in [3.8, 4) is 0 Å². The van der Waals surface area contributed by atoms with Crippen LogP contribution in [0.2, 0.25) is 0 Å². The summed E-state index contributed by atoms with van der Waals surface area (Å²) in [6.07, 6.45) is 13.0. The summed E-state index contributed by atoms with van der Waals surface area (Å²) in [5, 5.41) is 0. The van der Waals surface area contributed by atoms with Gasteiger partial charge in [-0.15, -0.1) is 0 Å². The van der Waals surface area contributed by atoms with Gasteiger partial charge in [0.05, 0.1) is 19.6 Å². The number of hydrogen-bond acceptors (Lipinski definition) is 6. The summed E-state index contributed by atoms with van der Waals surface area (Å²) in [5.74, 6) is 0.396. The Kier molecular flexibility index (Phi) is 16.7. The Bertz CT molecular complexity index is 764. The van der Waals surface area contributed by atoms with Crippen LogP contribution in [0.4, 0.5) is 0 Å². The van der Waals surface area contributed by atoms with Gasteiger partial charge in [-0.3, -0.25) is 19.2 Å². The van der Waals surface area contributed by atoms with Crippen molar-refractivity contribution in [1.29, 1.82) is 0 Å². The summed E-state index contributed by atoms with van der Waals surface area (Å²) in [6, 6.07) is 0. The van der Waals surface area contributed by atoms with Crippen molar-refractivity contribution >= 4 is 39.7 Å². The lowest BCUT2D eigenvalue weighted by atomic mass is 9.96. The molecule has 224 valence electrons. The van der Waals surface area contributed by atoms with E-state index in [2.05, 4.69) is 29.8 Å². The van der Waals surface area contributed by atoms with Crippen LogP contribution in [-0.2, 0) is 28.7 Å². The highest BCUT2D eigenvalue weighted by Crippen LogP contribution is 2.20. The molecule has 2 heterocycles. The molecule has 2 amide bonds. The Balaban J connectivity index is 1.59. The Labute approximate surface area is 244 Å². The first-order chi connectivity index (χ1) is 18.8. The molecule has 0 spiro atoms. The van der Waals surface area contributed by atoms with Crippen molar-refractivity contribution in [2.75, 3.05) is 39.4 Å². The number of hydrogen-bond donors (Lipinski definition) is 0. The lowest BCUT2D eigenvalue weighted by Crippen LogP contribution is -2.32. The van der Waals surface area contributed by atoms with Crippen LogP contribution in [0.1, 0.15) is 110 Å². The monoisotopic (exact) mass is 614 g/mol. The summed E-state index contributed by atoms with van der Waals surface area (Å²) in [4.78, 5) is 52.3. The molecule has 3 atom stereocenters. The average molecular weight is 616 g/mol. The van der Waals surface area contributed by atoms with Crippen molar-refractivity contribution in [3.05, 3.63) is 0 Å². The van der Waals surface area contributed by atoms with Crippen LogP contribution in [0.25, 0.3) is 0 Å². The van der Waals surface area contributed by atoms with Crippen LogP contribution in [0, 0.1) is 11.8 Å². The fourth-order valence-electron chi connectivity index (χ4n) is 5.33. The number of halogens is 1. The molecule has 0 aliphatic carbocycles. The number of alkyl halides is 1. The molecule has 2 fully saturated rings. The molecule has 39 heavy (non-hydrogen) atoms. The maximum absolute atomic E-state index is 12.4. The maximum atomic E-state index is 12.4. The maximum Gasteiger partial charge on any atom is 0.320 e. The van der Waals surface area contributed by atoms with Gasteiger partial charge in [-0.2, -0.15) is 0 Å². The minimum atomic E-state index is -0.726. The zero-order chi connectivity index (χ0) is 28.5. The smallest absolute Gasteiger partial charge is 0.320 e. The van der Waals surface area contributed by atoms with E-state index < -0.39 is 16.8 Å². The van der Waals surface area contributed by atoms with E-state index in [1.54, 1.807) is 0 Å². The second-order valence-electron chi connectivity index (χ2n) is 11.4. The zero-order valence-corrected chi connectivity index (χ0v) is 25.9. The van der Waals surface area contributed by atoms with Gasteiger partial charge in [0.2, 0.25) is 11.8 Å². The molecule has 0 radical (unpaired) electrons. The number of carbonyl (C=O) groups excluding carboxylic acids is 4. The van der Waals surface area contributed by atoms with Crippen LogP contribution < -0.4 is 0 Å². The van der Waals surface area contributed by atoms with E-state index in [0.717, 1.165) is 103 Å². The van der Waals surface area contributed by atoms with Gasteiger partial charge in [0.25, 0.3) is 0 Å². The first kappa shape index (κ1) is 33.6. The van der Waals surface area contributed by atoms with Gasteiger partial charge < -0.3 is 19.3 Å². The van der Waals surface area contributed by atoms with E-state index in [1.165, 1.54) is 0 Å². The van der Waals surface area contributed by atoms with Crippen LogP contribution in [0.15, 0.2) is 0 Å². The Morgan fingerprint density at radius 1 is 0.795 bits per heavy atom. The molecule has 0 aromatic rings. The zero-order valence-electron chi connectivity index (χ0n) is 24.3. The first-order valence-electron chi connectivity index (χ1n) is 15.3. The largest absolute Gasteiger partial charge is 0.466 e. The number of ether oxygens (including phenoxy) is 2. The van der Waals surface area contributed by atoms with Gasteiger partial charge in [-0.05, 0) is 63.2 Å². The van der Waals surface area contributed by atoms with E-state index in [4.69, 9.17) is 9.47 Å². The summed E-state index contributed by atoms with van der Waals surface area (Å²) in [5.41, 5.74) is 0. The highest BCUT2D eigenvalue weighted by atomic mass is 79.9. The molecule has 0 saturated carbocycles. The highest BCUT2D eigenvalue weighted by Gasteiger charge is 2.23. The topological polar surface area (TPSA) is 93.2 Å². The predicted molar refractivity (Wildman–Crippen MR) is 155 cm³/mol. The van der Waals surface area contributed by atoms with Crippen molar-refractivity contribution in [1.82, 2.24) is 9.80 Å². The molecule has 0 bridgehead atoms. The van der Waals surface area contributed by atoms with Gasteiger partial charge in [0.15, 0.2) is 0 Å². The fourth-order valence-corrected chi connectivity index (χ4v) is 5.73. The van der Waals surface area contributed by atoms with Gasteiger partial charge in [-0.25, -0.2) is 0 Å². The van der Waals surface area contributed by atoms with Crippen molar-refractivity contribution in [3.63, 3.8) is 0 Å². The van der Waals surface area contributed by atoms with E-state index in [0.29, 0.717) is 37.9 Å². The number of rotatable bonds is 17. The molecule has 2 rings (SSSR count). The molecule has 0 aromatic carbocycles. The Hall–Kier alpha value is -1.64. The SMILES string of the molecule is CCCC(CCOC(=O)C(Br)CC(=O)OCCC(C)CCN1CCCCCC1=O)CCN1CCCCCC1=O. The van der Waals surface area contributed by atoms with E-state index in [9.17, 15) is 19.2 Å². The Morgan fingerprint density at radius 3 is 2.00 bits per heavy atom. The van der Waals surface area contributed by atoms with E-state index in [1.807, 2.05) is 9.80 Å². The van der Waals surface area contributed by atoms with Crippen LogP contribution in [0.3, 0.4) is 0 Å². The van der Waals surface area contributed by atoms with Crippen molar-refractivity contribution in [2.24, 2.45) is 11.8 Å².